The van der Waals surface area contributed by atoms with Gasteiger partial charge in [0.1, 0.15) is 0 Å². The number of nitrogens with zero attached hydrogens (tertiary/aromatic N) is 2. The first kappa shape index (κ1) is 23.5. The van der Waals surface area contributed by atoms with Gasteiger partial charge in [0.25, 0.3) is 0 Å². The van der Waals surface area contributed by atoms with E-state index in [2.05, 4.69) is 62.7 Å². The standard InChI is InChI=1S/C19H31BrN4O.HI/c1-3-21-19(22-10-6-12-25-4-2)23-14-16-9-11-24(15-16)18-8-5-7-17(20)13-18;/h5,7-8,13,16H,3-4,6,9-12,14-15H2,1-2H3,(H2,21,22,23);1H. The zero-order valence-electron chi connectivity index (χ0n) is 15.8. The molecule has 1 unspecified atom stereocenters. The smallest absolute Gasteiger partial charge is 0.191 e. The quantitative estimate of drug-likeness (QED) is 0.217. The van der Waals surface area contributed by atoms with E-state index in [0.29, 0.717) is 5.92 Å². The van der Waals surface area contributed by atoms with Gasteiger partial charge >= 0.3 is 0 Å². The summed E-state index contributed by atoms with van der Waals surface area (Å²) in [6, 6.07) is 8.54. The lowest BCUT2D eigenvalue weighted by Gasteiger charge is -2.19. The predicted molar refractivity (Wildman–Crippen MR) is 125 cm³/mol. The Morgan fingerprint density at radius 1 is 1.35 bits per heavy atom. The molecule has 1 aromatic rings. The van der Waals surface area contributed by atoms with Crippen LogP contribution in [0.15, 0.2) is 33.7 Å². The highest BCUT2D eigenvalue weighted by Gasteiger charge is 2.22. The molecule has 0 bridgehead atoms. The minimum atomic E-state index is 0. The molecule has 26 heavy (non-hydrogen) atoms. The minimum Gasteiger partial charge on any atom is -0.382 e. The summed E-state index contributed by atoms with van der Waals surface area (Å²) in [5, 5.41) is 6.72. The number of halogens is 2. The Hall–Kier alpha value is -0.540. The van der Waals surface area contributed by atoms with Crippen molar-refractivity contribution in [3.8, 4) is 0 Å². The molecule has 0 aliphatic carbocycles. The molecular weight excluding hydrogens is 507 g/mol. The number of guanidine groups is 1. The van der Waals surface area contributed by atoms with Gasteiger partial charge in [0.2, 0.25) is 0 Å². The molecule has 0 aromatic heterocycles. The average molecular weight is 539 g/mol. The SMILES string of the molecule is CCNC(=NCC1CCN(c2cccc(Br)c2)C1)NCCCOCC.I. The molecule has 1 aliphatic rings. The molecule has 0 amide bonds. The highest BCUT2D eigenvalue weighted by Crippen LogP contribution is 2.26. The Labute approximate surface area is 183 Å². The number of rotatable bonds is 9. The van der Waals surface area contributed by atoms with Gasteiger partial charge < -0.3 is 20.3 Å². The van der Waals surface area contributed by atoms with Crippen molar-refractivity contribution in [3.63, 3.8) is 0 Å². The van der Waals surface area contributed by atoms with E-state index in [4.69, 9.17) is 9.73 Å². The van der Waals surface area contributed by atoms with E-state index in [1.165, 1.54) is 12.1 Å². The molecule has 0 radical (unpaired) electrons. The third-order valence-corrected chi connectivity index (χ3v) is 4.77. The molecular formula is C19H32BrIN4O. The Kier molecular flexibility index (Phi) is 12.3. The van der Waals surface area contributed by atoms with Crippen LogP contribution in [0.5, 0.6) is 0 Å². The van der Waals surface area contributed by atoms with Crippen LogP contribution in [0.4, 0.5) is 5.69 Å². The molecule has 1 atom stereocenters. The van der Waals surface area contributed by atoms with Crippen LogP contribution in [0, 0.1) is 5.92 Å². The van der Waals surface area contributed by atoms with E-state index in [9.17, 15) is 0 Å². The summed E-state index contributed by atoms with van der Waals surface area (Å²) in [6.07, 6.45) is 2.19. The van der Waals surface area contributed by atoms with Crippen LogP contribution in [0.25, 0.3) is 0 Å². The van der Waals surface area contributed by atoms with Crippen molar-refractivity contribution in [2.24, 2.45) is 10.9 Å². The van der Waals surface area contributed by atoms with Crippen LogP contribution in [-0.2, 0) is 4.74 Å². The number of benzene rings is 1. The van der Waals surface area contributed by atoms with Crippen molar-refractivity contribution < 1.29 is 4.74 Å². The maximum Gasteiger partial charge on any atom is 0.191 e. The van der Waals surface area contributed by atoms with Crippen molar-refractivity contribution in [2.75, 3.05) is 50.8 Å². The fraction of sp³-hybridized carbons (Fsp3) is 0.632. The Morgan fingerprint density at radius 2 is 2.19 bits per heavy atom. The predicted octanol–water partition coefficient (Wildman–Crippen LogP) is 3.88. The van der Waals surface area contributed by atoms with Gasteiger partial charge in [-0.25, -0.2) is 0 Å². The lowest BCUT2D eigenvalue weighted by Crippen LogP contribution is -2.38. The molecule has 2 N–H and O–H groups in total. The first-order chi connectivity index (χ1) is 12.2. The fourth-order valence-electron chi connectivity index (χ4n) is 2.98. The van der Waals surface area contributed by atoms with Gasteiger partial charge in [-0.1, -0.05) is 22.0 Å². The fourth-order valence-corrected chi connectivity index (χ4v) is 3.36. The summed E-state index contributed by atoms with van der Waals surface area (Å²) >= 11 is 3.56. The van der Waals surface area contributed by atoms with Crippen LogP contribution in [0.2, 0.25) is 0 Å². The summed E-state index contributed by atoms with van der Waals surface area (Å²) in [7, 11) is 0. The van der Waals surface area contributed by atoms with Crippen molar-refractivity contribution in [3.05, 3.63) is 28.7 Å². The lowest BCUT2D eigenvalue weighted by molar-refractivity contribution is 0.145. The van der Waals surface area contributed by atoms with E-state index in [-0.39, 0.29) is 24.0 Å². The average Bonchev–Trinajstić information content (AvgIpc) is 3.08. The van der Waals surface area contributed by atoms with Crippen LogP contribution in [0.1, 0.15) is 26.7 Å². The third kappa shape index (κ3) is 8.43. The van der Waals surface area contributed by atoms with Gasteiger partial charge in [-0.05, 0) is 50.8 Å². The van der Waals surface area contributed by atoms with Gasteiger partial charge in [0, 0.05) is 56.1 Å². The summed E-state index contributed by atoms with van der Waals surface area (Å²) in [4.78, 5) is 7.23. The summed E-state index contributed by atoms with van der Waals surface area (Å²) in [5.41, 5.74) is 1.29. The highest BCUT2D eigenvalue weighted by atomic mass is 127. The van der Waals surface area contributed by atoms with Crippen LogP contribution < -0.4 is 15.5 Å². The summed E-state index contributed by atoms with van der Waals surface area (Å²) in [6.45, 7) is 10.5. The van der Waals surface area contributed by atoms with E-state index >= 15 is 0 Å². The third-order valence-electron chi connectivity index (χ3n) is 4.27. The van der Waals surface area contributed by atoms with Gasteiger partial charge in [-0.15, -0.1) is 24.0 Å². The maximum absolute atomic E-state index is 5.37. The lowest BCUT2D eigenvalue weighted by atomic mass is 10.1. The Bertz CT molecular complexity index is 544. The van der Waals surface area contributed by atoms with Crippen LogP contribution >= 0.6 is 39.9 Å². The Morgan fingerprint density at radius 3 is 2.92 bits per heavy atom. The molecule has 0 saturated carbocycles. The highest BCUT2D eigenvalue weighted by molar-refractivity contribution is 14.0. The van der Waals surface area contributed by atoms with Crippen molar-refractivity contribution >= 4 is 51.6 Å². The van der Waals surface area contributed by atoms with Gasteiger partial charge in [0.15, 0.2) is 5.96 Å². The number of nitrogens with one attached hydrogen (secondary N) is 2. The van der Waals surface area contributed by atoms with Gasteiger partial charge in [0.05, 0.1) is 0 Å². The second kappa shape index (κ2) is 13.6. The zero-order valence-corrected chi connectivity index (χ0v) is 19.8. The Balaban J connectivity index is 0.00000338. The molecule has 1 aliphatic heterocycles. The molecule has 0 spiro atoms. The topological polar surface area (TPSA) is 48.9 Å². The monoisotopic (exact) mass is 538 g/mol. The summed E-state index contributed by atoms with van der Waals surface area (Å²) < 4.78 is 6.51. The van der Waals surface area contributed by atoms with E-state index in [0.717, 1.165) is 62.8 Å². The van der Waals surface area contributed by atoms with Crippen molar-refractivity contribution in [2.45, 2.75) is 26.7 Å². The molecule has 7 heteroatoms. The number of ether oxygens (including phenoxy) is 1. The molecule has 148 valence electrons. The molecule has 1 fully saturated rings. The van der Waals surface area contributed by atoms with Gasteiger partial charge in [-0.2, -0.15) is 0 Å². The van der Waals surface area contributed by atoms with Crippen molar-refractivity contribution in [1.29, 1.82) is 0 Å². The number of hydrogen-bond acceptors (Lipinski definition) is 3. The van der Waals surface area contributed by atoms with Crippen LogP contribution in [0.3, 0.4) is 0 Å². The second-order valence-electron chi connectivity index (χ2n) is 6.28. The largest absolute Gasteiger partial charge is 0.382 e. The maximum atomic E-state index is 5.37. The molecule has 1 saturated heterocycles. The zero-order chi connectivity index (χ0) is 17.9. The molecule has 2 rings (SSSR count). The normalized spacial score (nSPS) is 17.1. The van der Waals surface area contributed by atoms with E-state index in [1.54, 1.807) is 0 Å². The van der Waals surface area contributed by atoms with Gasteiger partial charge in [-0.3, -0.25) is 4.99 Å². The molecule has 1 heterocycles. The minimum absolute atomic E-state index is 0. The number of hydrogen-bond donors (Lipinski definition) is 2. The molecule has 1 aromatic carbocycles. The van der Waals surface area contributed by atoms with Crippen molar-refractivity contribution in [1.82, 2.24) is 10.6 Å². The second-order valence-corrected chi connectivity index (χ2v) is 7.19. The van der Waals surface area contributed by atoms with E-state index in [1.807, 2.05) is 6.92 Å². The first-order valence-electron chi connectivity index (χ1n) is 9.33. The van der Waals surface area contributed by atoms with E-state index < -0.39 is 0 Å². The first-order valence-corrected chi connectivity index (χ1v) is 10.1. The molecule has 5 nitrogen and oxygen atoms in total. The number of aliphatic imine (C=N–C) groups is 1. The number of anilines is 1. The van der Waals surface area contributed by atoms with Crippen LogP contribution in [-0.4, -0.2) is 51.9 Å². The summed E-state index contributed by atoms with van der Waals surface area (Å²) in [5.74, 6) is 1.53.